The van der Waals surface area contributed by atoms with Crippen LogP contribution in [0.25, 0.3) is 0 Å². The van der Waals surface area contributed by atoms with Crippen LogP contribution < -0.4 is 10.1 Å². The highest BCUT2D eigenvalue weighted by molar-refractivity contribution is 5.41. The van der Waals surface area contributed by atoms with Gasteiger partial charge in [-0.1, -0.05) is 6.92 Å². The van der Waals surface area contributed by atoms with E-state index in [4.69, 9.17) is 4.74 Å². The molecule has 0 bridgehead atoms. The first kappa shape index (κ1) is 16.2. The predicted octanol–water partition coefficient (Wildman–Crippen LogP) is 2.67. The first-order valence-corrected chi connectivity index (χ1v) is 8.11. The lowest BCUT2D eigenvalue weighted by molar-refractivity contribution is 0.152. The lowest BCUT2D eigenvalue weighted by Gasteiger charge is -2.34. The zero-order valence-electron chi connectivity index (χ0n) is 13.9. The topological polar surface area (TPSA) is 37.4 Å². The molecule has 0 amide bonds. The van der Waals surface area contributed by atoms with Crippen LogP contribution in [0.4, 0.5) is 0 Å². The molecule has 118 valence electrons. The second-order valence-corrected chi connectivity index (χ2v) is 6.00. The van der Waals surface area contributed by atoms with E-state index < -0.39 is 0 Å². The Kier molecular flexibility index (Phi) is 6.00. The number of aryl methyl sites for hydroxylation is 1. The summed E-state index contributed by atoms with van der Waals surface area (Å²) in [4.78, 5) is 7.27. The third kappa shape index (κ3) is 3.95. The van der Waals surface area contributed by atoms with E-state index in [1.807, 2.05) is 6.20 Å². The number of hydrogen-bond acceptors (Lipinski definition) is 4. The zero-order valence-corrected chi connectivity index (χ0v) is 13.9. The maximum absolute atomic E-state index is 5.53. The second kappa shape index (κ2) is 7.76. The molecule has 0 aromatic carbocycles. The number of aromatic nitrogens is 1. The van der Waals surface area contributed by atoms with Crippen LogP contribution in [0.5, 0.6) is 5.75 Å². The average molecular weight is 291 g/mol. The van der Waals surface area contributed by atoms with E-state index in [1.165, 1.54) is 24.8 Å². The highest BCUT2D eigenvalue weighted by atomic mass is 16.5. The van der Waals surface area contributed by atoms with Gasteiger partial charge in [0.05, 0.1) is 12.8 Å². The van der Waals surface area contributed by atoms with Crippen LogP contribution in [-0.4, -0.2) is 42.7 Å². The SMILES string of the molecule is CCCN(Cc1ncc(C)c(OC)c1C)C1CCNCC1. The van der Waals surface area contributed by atoms with Crippen molar-refractivity contribution >= 4 is 0 Å². The molecular formula is C17H29N3O. The molecule has 1 N–H and O–H groups in total. The molecule has 0 aliphatic carbocycles. The Bertz CT molecular complexity index is 456. The van der Waals surface area contributed by atoms with Gasteiger partial charge < -0.3 is 10.1 Å². The standard InChI is InChI=1S/C17H29N3O/c1-5-10-20(15-6-8-18-9-7-15)12-16-14(3)17(21-4)13(2)11-19-16/h11,15,18H,5-10,12H2,1-4H3. The Morgan fingerprint density at radius 2 is 2.05 bits per heavy atom. The van der Waals surface area contributed by atoms with E-state index in [9.17, 15) is 0 Å². The van der Waals surface area contributed by atoms with Gasteiger partial charge in [-0.25, -0.2) is 0 Å². The summed E-state index contributed by atoms with van der Waals surface area (Å²) >= 11 is 0. The first-order valence-electron chi connectivity index (χ1n) is 8.11. The summed E-state index contributed by atoms with van der Waals surface area (Å²) in [6, 6.07) is 0.680. The highest BCUT2D eigenvalue weighted by Gasteiger charge is 2.22. The number of rotatable bonds is 6. The molecule has 1 saturated heterocycles. The van der Waals surface area contributed by atoms with Crippen molar-refractivity contribution in [1.29, 1.82) is 0 Å². The van der Waals surface area contributed by atoms with Gasteiger partial charge in [-0.3, -0.25) is 9.88 Å². The van der Waals surface area contributed by atoms with E-state index >= 15 is 0 Å². The number of nitrogens with zero attached hydrogens (tertiary/aromatic N) is 2. The van der Waals surface area contributed by atoms with Crippen molar-refractivity contribution in [1.82, 2.24) is 15.2 Å². The normalized spacial score (nSPS) is 16.4. The van der Waals surface area contributed by atoms with Crippen LogP contribution in [0, 0.1) is 13.8 Å². The predicted molar refractivity (Wildman–Crippen MR) is 86.9 cm³/mol. The molecule has 0 radical (unpaired) electrons. The average Bonchev–Trinajstić information content (AvgIpc) is 2.51. The number of piperidine rings is 1. The van der Waals surface area contributed by atoms with Crippen molar-refractivity contribution in [2.75, 3.05) is 26.7 Å². The Morgan fingerprint density at radius 1 is 1.33 bits per heavy atom. The number of ether oxygens (including phenoxy) is 1. The minimum Gasteiger partial charge on any atom is -0.496 e. The number of hydrogen-bond donors (Lipinski definition) is 1. The Hall–Kier alpha value is -1.13. The van der Waals surface area contributed by atoms with Gasteiger partial charge in [0.1, 0.15) is 5.75 Å². The van der Waals surface area contributed by atoms with Crippen LogP contribution in [0.3, 0.4) is 0 Å². The first-order chi connectivity index (χ1) is 10.2. The molecule has 2 heterocycles. The van der Waals surface area contributed by atoms with E-state index in [0.717, 1.165) is 43.2 Å². The van der Waals surface area contributed by atoms with Gasteiger partial charge in [0.25, 0.3) is 0 Å². The fraction of sp³-hybridized carbons (Fsp3) is 0.706. The van der Waals surface area contributed by atoms with Crippen LogP contribution >= 0.6 is 0 Å². The molecule has 4 heteroatoms. The minimum atomic E-state index is 0.680. The van der Waals surface area contributed by atoms with Gasteiger partial charge in [0.15, 0.2) is 0 Å². The smallest absolute Gasteiger partial charge is 0.128 e. The van der Waals surface area contributed by atoms with Gasteiger partial charge in [0, 0.05) is 29.9 Å². The maximum atomic E-state index is 5.53. The number of methoxy groups -OCH3 is 1. The molecule has 0 unspecified atom stereocenters. The fourth-order valence-corrected chi connectivity index (χ4v) is 3.27. The Labute approximate surface area is 128 Å². The molecule has 0 saturated carbocycles. The van der Waals surface area contributed by atoms with Crippen molar-refractivity contribution in [3.05, 3.63) is 23.0 Å². The summed E-state index contributed by atoms with van der Waals surface area (Å²) in [7, 11) is 1.75. The number of nitrogens with one attached hydrogen (secondary N) is 1. The molecule has 4 nitrogen and oxygen atoms in total. The van der Waals surface area contributed by atoms with Gasteiger partial charge in [-0.05, 0) is 52.7 Å². The molecule has 1 aromatic rings. The molecule has 1 fully saturated rings. The Balaban J connectivity index is 2.16. The summed E-state index contributed by atoms with van der Waals surface area (Å²) in [5.41, 5.74) is 3.46. The fourth-order valence-electron chi connectivity index (χ4n) is 3.27. The summed E-state index contributed by atoms with van der Waals surface area (Å²) in [5.74, 6) is 0.988. The van der Waals surface area contributed by atoms with E-state index in [-0.39, 0.29) is 0 Å². The summed E-state index contributed by atoms with van der Waals surface area (Å²) < 4.78 is 5.53. The van der Waals surface area contributed by atoms with Crippen LogP contribution in [0.1, 0.15) is 43.0 Å². The van der Waals surface area contributed by atoms with Crippen molar-refractivity contribution in [2.45, 2.75) is 52.6 Å². The van der Waals surface area contributed by atoms with Crippen molar-refractivity contribution in [2.24, 2.45) is 0 Å². The van der Waals surface area contributed by atoms with Crippen molar-refractivity contribution < 1.29 is 4.74 Å². The molecule has 1 aliphatic heterocycles. The van der Waals surface area contributed by atoms with Crippen molar-refractivity contribution in [3.8, 4) is 5.75 Å². The molecule has 1 aliphatic rings. The Morgan fingerprint density at radius 3 is 2.67 bits per heavy atom. The largest absolute Gasteiger partial charge is 0.496 e. The molecule has 2 rings (SSSR count). The maximum Gasteiger partial charge on any atom is 0.128 e. The van der Waals surface area contributed by atoms with Crippen LogP contribution in [0.15, 0.2) is 6.20 Å². The lowest BCUT2D eigenvalue weighted by atomic mass is 10.0. The summed E-state index contributed by atoms with van der Waals surface area (Å²) in [6.07, 6.45) is 5.60. The monoisotopic (exact) mass is 291 g/mol. The van der Waals surface area contributed by atoms with Crippen LogP contribution in [0.2, 0.25) is 0 Å². The summed E-state index contributed by atoms with van der Waals surface area (Å²) in [6.45, 7) is 10.8. The third-order valence-corrected chi connectivity index (χ3v) is 4.44. The highest BCUT2D eigenvalue weighted by Crippen LogP contribution is 2.26. The van der Waals surface area contributed by atoms with Gasteiger partial charge in [-0.2, -0.15) is 0 Å². The van der Waals surface area contributed by atoms with Gasteiger partial charge >= 0.3 is 0 Å². The quantitative estimate of drug-likeness (QED) is 0.874. The van der Waals surface area contributed by atoms with Crippen LogP contribution in [-0.2, 0) is 6.54 Å². The number of pyridine rings is 1. The van der Waals surface area contributed by atoms with E-state index in [0.29, 0.717) is 6.04 Å². The summed E-state index contributed by atoms with van der Waals surface area (Å²) in [5, 5.41) is 3.45. The molecule has 1 aromatic heterocycles. The molecule has 0 spiro atoms. The second-order valence-electron chi connectivity index (χ2n) is 6.00. The zero-order chi connectivity index (χ0) is 15.2. The van der Waals surface area contributed by atoms with Gasteiger partial charge in [0.2, 0.25) is 0 Å². The molecule has 0 atom stereocenters. The van der Waals surface area contributed by atoms with Gasteiger partial charge in [-0.15, -0.1) is 0 Å². The third-order valence-electron chi connectivity index (χ3n) is 4.44. The van der Waals surface area contributed by atoms with Crippen molar-refractivity contribution in [3.63, 3.8) is 0 Å². The minimum absolute atomic E-state index is 0.680. The lowest BCUT2D eigenvalue weighted by Crippen LogP contribution is -2.43. The molecule has 21 heavy (non-hydrogen) atoms. The molecular weight excluding hydrogens is 262 g/mol. The van der Waals surface area contributed by atoms with E-state index in [2.05, 4.69) is 36.0 Å². The van der Waals surface area contributed by atoms with E-state index in [1.54, 1.807) is 7.11 Å².